The molecule has 0 aliphatic rings. The summed E-state index contributed by atoms with van der Waals surface area (Å²) in [7, 11) is -4.26. The van der Waals surface area contributed by atoms with Crippen LogP contribution in [0.15, 0.2) is 12.2 Å². The van der Waals surface area contributed by atoms with Crippen LogP contribution >= 0.6 is 7.82 Å². The lowest BCUT2D eigenvalue weighted by molar-refractivity contribution is -0.154. The molecule has 0 spiro atoms. The smallest absolute Gasteiger partial charge is 0.457 e. The lowest BCUT2D eigenvalue weighted by atomic mass is 10.1. The van der Waals surface area contributed by atoms with Crippen LogP contribution in [0, 0.1) is 0 Å². The molecule has 0 fully saturated rings. The summed E-state index contributed by atoms with van der Waals surface area (Å²) in [6.07, 6.45) is 35.3. The molecule has 0 aliphatic heterocycles. The highest BCUT2D eigenvalue weighted by Gasteiger charge is 2.25. The maximum absolute atomic E-state index is 12.5. The first-order chi connectivity index (χ1) is 22.4. The van der Waals surface area contributed by atoms with Gasteiger partial charge in [0.1, 0.15) is 6.10 Å². The summed E-state index contributed by atoms with van der Waals surface area (Å²) in [5.74, 6) is -0.334. The molecule has 2 atom stereocenters. The second-order valence-corrected chi connectivity index (χ2v) is 14.2. The molecular weight excluding hydrogens is 601 g/mol. The first kappa shape index (κ1) is 45.2. The summed E-state index contributed by atoms with van der Waals surface area (Å²) >= 11 is 0. The number of allylic oxidation sites excluding steroid dienone is 2. The normalized spacial score (nSPS) is 13.7. The number of carbonyl (C=O) groups is 1. The zero-order chi connectivity index (χ0) is 33.8. The predicted octanol–water partition coefficient (Wildman–Crippen LogP) is 10.7. The fourth-order valence-corrected chi connectivity index (χ4v) is 6.11. The number of nitrogens with two attached hydrogens (primary N) is 1. The highest BCUT2D eigenvalue weighted by atomic mass is 31.2. The fraction of sp³-hybridized carbons (Fsp3) is 0.919. The molecule has 9 heteroatoms. The number of carbonyl (C=O) groups excluding carboxylic acids is 1. The SMILES string of the molecule is CCCCCCCCCC/C=C\CCCCCCCCCCCC(=O)OC(COCCCCCCCC)COP(=O)(O)OCCN. The number of hydrogen-bond donors (Lipinski definition) is 2. The lowest BCUT2D eigenvalue weighted by Gasteiger charge is -2.20. The second-order valence-electron chi connectivity index (χ2n) is 12.8. The Morgan fingerprint density at radius 1 is 0.630 bits per heavy atom. The summed E-state index contributed by atoms with van der Waals surface area (Å²) < 4.78 is 33.1. The number of ether oxygens (including phenoxy) is 2. The van der Waals surface area contributed by atoms with Gasteiger partial charge in [0.2, 0.25) is 0 Å². The van der Waals surface area contributed by atoms with E-state index in [4.69, 9.17) is 24.3 Å². The van der Waals surface area contributed by atoms with E-state index in [1.54, 1.807) is 0 Å². The first-order valence-corrected chi connectivity index (χ1v) is 20.7. The Balaban J connectivity index is 3.88. The van der Waals surface area contributed by atoms with Gasteiger partial charge in [-0.05, 0) is 38.5 Å². The molecule has 3 N–H and O–H groups in total. The maximum Gasteiger partial charge on any atom is 0.472 e. The van der Waals surface area contributed by atoms with E-state index in [1.807, 2.05) is 0 Å². The Labute approximate surface area is 283 Å². The number of unbranched alkanes of at least 4 members (excludes halogenated alkanes) is 22. The summed E-state index contributed by atoms with van der Waals surface area (Å²) in [4.78, 5) is 22.3. The van der Waals surface area contributed by atoms with Crippen molar-refractivity contribution >= 4 is 13.8 Å². The van der Waals surface area contributed by atoms with Gasteiger partial charge in [-0.1, -0.05) is 148 Å². The highest BCUT2D eigenvalue weighted by Crippen LogP contribution is 2.43. The van der Waals surface area contributed by atoms with Gasteiger partial charge in [0.25, 0.3) is 0 Å². The van der Waals surface area contributed by atoms with Gasteiger partial charge in [0.15, 0.2) is 0 Å². The summed E-state index contributed by atoms with van der Waals surface area (Å²) in [6, 6.07) is 0. The summed E-state index contributed by atoms with van der Waals surface area (Å²) in [5, 5.41) is 0. The Kier molecular flexibility index (Phi) is 35.0. The molecule has 0 heterocycles. The van der Waals surface area contributed by atoms with Crippen LogP contribution in [0.2, 0.25) is 0 Å². The van der Waals surface area contributed by atoms with Crippen molar-refractivity contribution in [2.75, 3.05) is 33.0 Å². The van der Waals surface area contributed by atoms with E-state index < -0.39 is 13.9 Å². The third-order valence-electron chi connectivity index (χ3n) is 8.18. The second kappa shape index (κ2) is 35.5. The largest absolute Gasteiger partial charge is 0.472 e. The van der Waals surface area contributed by atoms with Crippen LogP contribution in [0.1, 0.15) is 181 Å². The minimum Gasteiger partial charge on any atom is -0.457 e. The monoisotopic (exact) mass is 676 g/mol. The lowest BCUT2D eigenvalue weighted by Crippen LogP contribution is -2.28. The molecule has 8 nitrogen and oxygen atoms in total. The van der Waals surface area contributed by atoms with Crippen molar-refractivity contribution in [1.82, 2.24) is 0 Å². The quantitative estimate of drug-likeness (QED) is 0.0289. The molecule has 0 rings (SSSR count). The Hall–Kier alpha value is -0.760. The fourth-order valence-electron chi connectivity index (χ4n) is 5.34. The molecule has 0 saturated heterocycles. The van der Waals surface area contributed by atoms with E-state index in [9.17, 15) is 14.3 Å². The van der Waals surface area contributed by atoms with Crippen LogP contribution in [0.3, 0.4) is 0 Å². The van der Waals surface area contributed by atoms with Crippen LogP contribution < -0.4 is 5.73 Å². The molecule has 0 aromatic heterocycles. The Morgan fingerprint density at radius 2 is 1.09 bits per heavy atom. The van der Waals surface area contributed by atoms with Gasteiger partial charge in [-0.25, -0.2) is 4.57 Å². The molecule has 0 aromatic rings. The zero-order valence-corrected chi connectivity index (χ0v) is 31.0. The van der Waals surface area contributed by atoms with E-state index in [-0.39, 0.29) is 32.3 Å². The van der Waals surface area contributed by atoms with Crippen molar-refractivity contribution < 1.29 is 32.8 Å². The van der Waals surface area contributed by atoms with Gasteiger partial charge in [0, 0.05) is 19.6 Å². The van der Waals surface area contributed by atoms with E-state index in [2.05, 4.69) is 26.0 Å². The Morgan fingerprint density at radius 3 is 1.59 bits per heavy atom. The van der Waals surface area contributed by atoms with Crippen molar-refractivity contribution in [3.8, 4) is 0 Å². The highest BCUT2D eigenvalue weighted by molar-refractivity contribution is 7.47. The van der Waals surface area contributed by atoms with E-state index in [1.165, 1.54) is 128 Å². The van der Waals surface area contributed by atoms with Gasteiger partial charge in [0.05, 0.1) is 19.8 Å². The average Bonchev–Trinajstić information content (AvgIpc) is 3.04. The van der Waals surface area contributed by atoms with Crippen molar-refractivity contribution in [2.45, 2.75) is 187 Å². The zero-order valence-electron chi connectivity index (χ0n) is 30.1. The van der Waals surface area contributed by atoms with Crippen LogP contribution in [-0.4, -0.2) is 49.9 Å². The number of phosphoric acid groups is 1. The van der Waals surface area contributed by atoms with Gasteiger partial charge in [-0.3, -0.25) is 13.8 Å². The number of rotatable bonds is 37. The van der Waals surface area contributed by atoms with Gasteiger partial charge in [-0.15, -0.1) is 0 Å². The molecule has 2 unspecified atom stereocenters. The summed E-state index contributed by atoms with van der Waals surface area (Å²) in [6.45, 7) is 4.88. The van der Waals surface area contributed by atoms with Crippen LogP contribution in [0.25, 0.3) is 0 Å². The minimum absolute atomic E-state index is 0.0934. The third kappa shape index (κ3) is 34.6. The van der Waals surface area contributed by atoms with Crippen molar-refractivity contribution in [3.05, 3.63) is 12.2 Å². The molecule has 274 valence electrons. The first-order valence-electron chi connectivity index (χ1n) is 19.2. The van der Waals surface area contributed by atoms with Gasteiger partial charge >= 0.3 is 13.8 Å². The van der Waals surface area contributed by atoms with E-state index in [0.717, 1.165) is 32.1 Å². The topological polar surface area (TPSA) is 117 Å². The number of phosphoric ester groups is 1. The van der Waals surface area contributed by atoms with Crippen molar-refractivity contribution in [3.63, 3.8) is 0 Å². The molecule has 46 heavy (non-hydrogen) atoms. The van der Waals surface area contributed by atoms with Crippen LogP contribution in [0.4, 0.5) is 0 Å². The molecule has 0 bridgehead atoms. The Bertz CT molecular complexity index is 722. The van der Waals surface area contributed by atoms with Gasteiger partial charge in [-0.2, -0.15) is 0 Å². The van der Waals surface area contributed by atoms with Crippen LogP contribution in [-0.2, 0) is 27.9 Å². The molecule has 0 saturated carbocycles. The molecule has 0 aliphatic carbocycles. The average molecular weight is 676 g/mol. The standard InChI is InChI=1S/C37H74NO7P/c1-3-5-7-9-11-12-13-14-15-16-17-18-19-20-21-22-23-24-25-26-28-30-37(39)45-36(35-44-46(40,41)43-33-31-38)34-42-32-29-27-10-8-6-4-2/h16-17,36H,3-15,18-35,38H2,1-2H3,(H,40,41)/b17-16-. The van der Waals surface area contributed by atoms with Gasteiger partial charge < -0.3 is 20.1 Å². The molecule has 0 aromatic carbocycles. The van der Waals surface area contributed by atoms with E-state index >= 15 is 0 Å². The molecular formula is C37H74NO7P. The predicted molar refractivity (Wildman–Crippen MR) is 192 cm³/mol. The molecule has 0 amide bonds. The molecule has 0 radical (unpaired) electrons. The summed E-state index contributed by atoms with van der Waals surface area (Å²) in [5.41, 5.74) is 5.33. The van der Waals surface area contributed by atoms with Crippen molar-refractivity contribution in [2.24, 2.45) is 5.73 Å². The van der Waals surface area contributed by atoms with E-state index in [0.29, 0.717) is 13.0 Å². The number of esters is 1. The maximum atomic E-state index is 12.5. The minimum atomic E-state index is -4.26. The van der Waals surface area contributed by atoms with Crippen molar-refractivity contribution in [1.29, 1.82) is 0 Å². The third-order valence-corrected chi connectivity index (χ3v) is 9.17. The van der Waals surface area contributed by atoms with Crippen LogP contribution in [0.5, 0.6) is 0 Å². The number of hydrogen-bond acceptors (Lipinski definition) is 7.